The van der Waals surface area contributed by atoms with E-state index < -0.39 is 5.60 Å². The Morgan fingerprint density at radius 2 is 2.22 bits per heavy atom. The van der Waals surface area contributed by atoms with E-state index in [1.807, 2.05) is 37.8 Å². The summed E-state index contributed by atoms with van der Waals surface area (Å²) in [5.74, 6) is 0. The molecule has 98 valence electrons. The van der Waals surface area contributed by atoms with Gasteiger partial charge in [0.2, 0.25) is 0 Å². The van der Waals surface area contributed by atoms with Crippen molar-refractivity contribution in [2.75, 3.05) is 0 Å². The number of hydrogen-bond acceptors (Lipinski definition) is 3. The first kappa shape index (κ1) is 12.9. The summed E-state index contributed by atoms with van der Waals surface area (Å²) in [6, 6.07) is 4.20. The average Bonchev–Trinajstić information content (AvgIpc) is 3.08. The molecule has 1 aliphatic rings. The van der Waals surface area contributed by atoms with Crippen LogP contribution in [0.4, 0.5) is 4.79 Å². The Balaban J connectivity index is 2.02. The molecule has 1 amide bonds. The van der Waals surface area contributed by atoms with E-state index in [0.29, 0.717) is 12.6 Å². The summed E-state index contributed by atoms with van der Waals surface area (Å²) in [6.45, 7) is 6.24. The van der Waals surface area contributed by atoms with Crippen LogP contribution < -0.4 is 0 Å². The molecule has 1 saturated carbocycles. The summed E-state index contributed by atoms with van der Waals surface area (Å²) in [7, 11) is 0. The van der Waals surface area contributed by atoms with E-state index in [2.05, 4.69) is 4.98 Å². The summed E-state index contributed by atoms with van der Waals surface area (Å²) in [5.41, 5.74) is 0.592. The fourth-order valence-corrected chi connectivity index (χ4v) is 1.74. The first-order valence-electron chi connectivity index (χ1n) is 6.34. The summed E-state index contributed by atoms with van der Waals surface area (Å²) >= 11 is 0. The number of pyridine rings is 1. The molecule has 18 heavy (non-hydrogen) atoms. The van der Waals surface area contributed by atoms with Crippen molar-refractivity contribution in [3.8, 4) is 0 Å². The number of nitrogens with zero attached hydrogens (tertiary/aromatic N) is 2. The highest BCUT2D eigenvalue weighted by molar-refractivity contribution is 5.69. The average molecular weight is 248 g/mol. The SMILES string of the molecule is CC(C)(C)OC(=O)N(Cc1cccnc1)C1CC1. The largest absolute Gasteiger partial charge is 0.444 e. The molecule has 1 aromatic rings. The smallest absolute Gasteiger partial charge is 0.410 e. The lowest BCUT2D eigenvalue weighted by Crippen LogP contribution is -2.37. The molecule has 0 bridgehead atoms. The lowest BCUT2D eigenvalue weighted by molar-refractivity contribution is 0.0216. The maximum atomic E-state index is 12.1. The van der Waals surface area contributed by atoms with Gasteiger partial charge in [-0.1, -0.05) is 6.07 Å². The van der Waals surface area contributed by atoms with Crippen molar-refractivity contribution >= 4 is 6.09 Å². The van der Waals surface area contributed by atoms with E-state index in [9.17, 15) is 4.79 Å². The maximum absolute atomic E-state index is 12.1. The van der Waals surface area contributed by atoms with Crippen molar-refractivity contribution in [3.05, 3.63) is 30.1 Å². The Bertz CT molecular complexity index is 408. The number of ether oxygens (including phenoxy) is 1. The predicted molar refractivity (Wildman–Crippen MR) is 69.0 cm³/mol. The van der Waals surface area contributed by atoms with Crippen molar-refractivity contribution in [3.63, 3.8) is 0 Å². The topological polar surface area (TPSA) is 42.4 Å². The maximum Gasteiger partial charge on any atom is 0.410 e. The van der Waals surface area contributed by atoms with Crippen LogP contribution in [-0.4, -0.2) is 27.6 Å². The van der Waals surface area contributed by atoms with Gasteiger partial charge in [0.15, 0.2) is 0 Å². The van der Waals surface area contributed by atoms with Gasteiger partial charge in [-0.2, -0.15) is 0 Å². The van der Waals surface area contributed by atoms with Gasteiger partial charge in [-0.25, -0.2) is 4.79 Å². The monoisotopic (exact) mass is 248 g/mol. The van der Waals surface area contributed by atoms with Crippen LogP contribution in [0.2, 0.25) is 0 Å². The first-order valence-corrected chi connectivity index (χ1v) is 6.34. The highest BCUT2D eigenvalue weighted by atomic mass is 16.6. The number of rotatable bonds is 3. The molecule has 0 atom stereocenters. The number of amides is 1. The molecular weight excluding hydrogens is 228 g/mol. The minimum absolute atomic E-state index is 0.228. The van der Waals surface area contributed by atoms with Crippen molar-refractivity contribution in [2.24, 2.45) is 0 Å². The van der Waals surface area contributed by atoms with E-state index >= 15 is 0 Å². The van der Waals surface area contributed by atoms with Crippen molar-refractivity contribution in [1.82, 2.24) is 9.88 Å². The molecule has 0 aliphatic heterocycles. The van der Waals surface area contributed by atoms with Gasteiger partial charge < -0.3 is 9.64 Å². The minimum Gasteiger partial charge on any atom is -0.444 e. The molecule has 0 radical (unpaired) electrons. The Kier molecular flexibility index (Phi) is 3.55. The van der Waals surface area contributed by atoms with Gasteiger partial charge in [-0.15, -0.1) is 0 Å². The van der Waals surface area contributed by atoms with Crippen LogP contribution in [0.1, 0.15) is 39.2 Å². The van der Waals surface area contributed by atoms with E-state index in [0.717, 1.165) is 18.4 Å². The van der Waals surface area contributed by atoms with Gasteiger partial charge in [-0.3, -0.25) is 4.98 Å². The molecule has 0 saturated heterocycles. The second kappa shape index (κ2) is 4.96. The molecule has 1 aromatic heterocycles. The zero-order valence-corrected chi connectivity index (χ0v) is 11.2. The fraction of sp³-hybridized carbons (Fsp3) is 0.571. The minimum atomic E-state index is -0.445. The Hall–Kier alpha value is -1.58. The van der Waals surface area contributed by atoms with Gasteiger partial charge >= 0.3 is 6.09 Å². The van der Waals surface area contributed by atoms with Gasteiger partial charge in [0.1, 0.15) is 5.60 Å². The molecule has 0 unspecified atom stereocenters. The van der Waals surface area contributed by atoms with Crippen LogP contribution in [0, 0.1) is 0 Å². The highest BCUT2D eigenvalue weighted by Crippen LogP contribution is 2.29. The lowest BCUT2D eigenvalue weighted by Gasteiger charge is -2.27. The van der Waals surface area contributed by atoms with Crippen molar-refractivity contribution in [2.45, 2.75) is 51.8 Å². The number of carbonyl (C=O) groups excluding carboxylic acids is 1. The second-order valence-corrected chi connectivity index (χ2v) is 5.70. The second-order valence-electron chi connectivity index (χ2n) is 5.70. The quantitative estimate of drug-likeness (QED) is 0.825. The van der Waals surface area contributed by atoms with E-state index in [-0.39, 0.29) is 6.09 Å². The third kappa shape index (κ3) is 3.72. The van der Waals surface area contributed by atoms with Gasteiger partial charge in [0, 0.05) is 18.4 Å². The number of carbonyl (C=O) groups is 1. The fourth-order valence-electron chi connectivity index (χ4n) is 1.74. The Morgan fingerprint density at radius 3 is 2.72 bits per heavy atom. The van der Waals surface area contributed by atoms with Crippen molar-refractivity contribution in [1.29, 1.82) is 0 Å². The third-order valence-electron chi connectivity index (χ3n) is 2.69. The predicted octanol–water partition coefficient (Wildman–Crippen LogP) is 2.98. The van der Waals surface area contributed by atoms with Crippen LogP contribution in [-0.2, 0) is 11.3 Å². The lowest BCUT2D eigenvalue weighted by atomic mass is 10.2. The summed E-state index contributed by atoms with van der Waals surface area (Å²) in [5, 5.41) is 0. The van der Waals surface area contributed by atoms with E-state index in [4.69, 9.17) is 4.74 Å². The molecule has 0 spiro atoms. The standard InChI is InChI=1S/C14H20N2O2/c1-14(2,3)18-13(17)16(12-6-7-12)10-11-5-4-8-15-9-11/h4-5,8-9,12H,6-7,10H2,1-3H3. The van der Waals surface area contributed by atoms with Gasteiger partial charge in [-0.05, 0) is 45.2 Å². The summed E-state index contributed by atoms with van der Waals surface area (Å²) in [4.78, 5) is 18.0. The van der Waals surface area contributed by atoms with Gasteiger partial charge in [0.05, 0.1) is 6.54 Å². The molecule has 0 aromatic carbocycles. The normalized spacial score (nSPS) is 15.3. The van der Waals surface area contributed by atoms with E-state index in [1.54, 1.807) is 12.4 Å². The third-order valence-corrected chi connectivity index (χ3v) is 2.69. The Labute approximate surface area is 108 Å². The summed E-state index contributed by atoms with van der Waals surface area (Å²) < 4.78 is 5.44. The zero-order valence-electron chi connectivity index (χ0n) is 11.2. The highest BCUT2D eigenvalue weighted by Gasteiger charge is 2.35. The number of hydrogen-bond donors (Lipinski definition) is 0. The van der Waals surface area contributed by atoms with Crippen LogP contribution in [0.3, 0.4) is 0 Å². The van der Waals surface area contributed by atoms with Crippen LogP contribution >= 0.6 is 0 Å². The Morgan fingerprint density at radius 1 is 1.50 bits per heavy atom. The molecule has 1 aliphatic carbocycles. The molecule has 1 fully saturated rings. The summed E-state index contributed by atoms with van der Waals surface area (Å²) in [6.07, 6.45) is 5.44. The van der Waals surface area contributed by atoms with Crippen molar-refractivity contribution < 1.29 is 9.53 Å². The number of aromatic nitrogens is 1. The van der Waals surface area contributed by atoms with Crippen LogP contribution in [0.15, 0.2) is 24.5 Å². The van der Waals surface area contributed by atoms with Crippen LogP contribution in [0.25, 0.3) is 0 Å². The van der Waals surface area contributed by atoms with Crippen LogP contribution in [0.5, 0.6) is 0 Å². The molecule has 2 rings (SSSR count). The molecule has 4 heteroatoms. The van der Waals surface area contributed by atoms with E-state index in [1.165, 1.54) is 0 Å². The van der Waals surface area contributed by atoms with Gasteiger partial charge in [0.25, 0.3) is 0 Å². The molecule has 4 nitrogen and oxygen atoms in total. The molecule has 0 N–H and O–H groups in total. The molecular formula is C14H20N2O2. The zero-order chi connectivity index (χ0) is 13.2. The molecule has 1 heterocycles. The first-order chi connectivity index (χ1) is 8.46.